The molecule has 1 heterocycles. The Morgan fingerprint density at radius 1 is 1.03 bits per heavy atom. The minimum atomic E-state index is 0. The summed E-state index contributed by atoms with van der Waals surface area (Å²) in [5.74, 6) is 1.49. The fraction of sp³-hybridized carbons (Fsp3) is 0.250. The average molecular weight is 532 g/mol. The van der Waals surface area contributed by atoms with Crippen molar-refractivity contribution in [2.24, 2.45) is 4.99 Å². The number of hydrogen-bond acceptors (Lipinski definition) is 4. The van der Waals surface area contributed by atoms with Crippen LogP contribution in [0, 0.1) is 0 Å². The highest BCUT2D eigenvalue weighted by Gasteiger charge is 2.11. The van der Waals surface area contributed by atoms with E-state index in [-0.39, 0.29) is 36.5 Å². The second-order valence-electron chi connectivity index (χ2n) is 6.85. The maximum atomic E-state index is 9.72. The molecule has 0 radical (unpaired) electrons. The van der Waals surface area contributed by atoms with Crippen molar-refractivity contribution in [3.8, 4) is 5.75 Å². The van der Waals surface area contributed by atoms with Crippen LogP contribution >= 0.6 is 24.0 Å². The van der Waals surface area contributed by atoms with Crippen molar-refractivity contribution in [3.63, 3.8) is 0 Å². The van der Waals surface area contributed by atoms with Gasteiger partial charge in [-0.3, -0.25) is 9.98 Å². The molecule has 3 N–H and O–H groups in total. The number of rotatable bonds is 9. The van der Waals surface area contributed by atoms with Gasteiger partial charge in [-0.2, -0.15) is 0 Å². The fourth-order valence-electron chi connectivity index (χ4n) is 3.03. The van der Waals surface area contributed by atoms with Gasteiger partial charge in [0.25, 0.3) is 0 Å². The highest BCUT2D eigenvalue weighted by molar-refractivity contribution is 14.0. The Morgan fingerprint density at radius 3 is 2.55 bits per heavy atom. The highest BCUT2D eigenvalue weighted by Crippen LogP contribution is 2.15. The Balaban J connectivity index is 0.00000341. The molecule has 0 saturated carbocycles. The van der Waals surface area contributed by atoms with Crippen molar-refractivity contribution in [3.05, 3.63) is 95.8 Å². The number of halogens is 1. The lowest BCUT2D eigenvalue weighted by atomic mass is 10.0. The van der Waals surface area contributed by atoms with Crippen molar-refractivity contribution in [1.82, 2.24) is 15.6 Å². The standard InChI is InChI=1S/C24H28N4O2.HI/c1-25-24(28-16-21(17-29)20-9-3-2-4-10-20)27-15-19-8-7-12-23(14-19)30-18-22-11-5-6-13-26-22;/h2-14,21,29H,15-18H2,1H3,(H2,25,27,28);1H. The van der Waals surface area contributed by atoms with Crippen LogP contribution in [0.2, 0.25) is 0 Å². The SMILES string of the molecule is CN=C(NCc1cccc(OCc2ccccn2)c1)NCC(CO)c1ccccc1.I. The van der Waals surface area contributed by atoms with Crippen LogP contribution in [0.25, 0.3) is 0 Å². The summed E-state index contributed by atoms with van der Waals surface area (Å²) in [4.78, 5) is 8.55. The number of ether oxygens (including phenoxy) is 1. The van der Waals surface area contributed by atoms with Crippen molar-refractivity contribution in [1.29, 1.82) is 0 Å². The number of aliphatic imine (C=N–C) groups is 1. The maximum absolute atomic E-state index is 9.72. The van der Waals surface area contributed by atoms with Gasteiger partial charge >= 0.3 is 0 Å². The Kier molecular flexibility index (Phi) is 10.8. The minimum Gasteiger partial charge on any atom is -0.487 e. The first-order chi connectivity index (χ1) is 14.8. The lowest BCUT2D eigenvalue weighted by Crippen LogP contribution is -2.39. The van der Waals surface area contributed by atoms with E-state index in [1.807, 2.05) is 72.8 Å². The summed E-state index contributed by atoms with van der Waals surface area (Å²) in [7, 11) is 1.73. The van der Waals surface area contributed by atoms with Crippen molar-refractivity contribution in [2.75, 3.05) is 20.2 Å². The van der Waals surface area contributed by atoms with Gasteiger partial charge in [-0.1, -0.05) is 48.5 Å². The van der Waals surface area contributed by atoms with Gasteiger partial charge < -0.3 is 20.5 Å². The molecule has 0 aliphatic heterocycles. The number of benzene rings is 2. The van der Waals surface area contributed by atoms with Gasteiger partial charge in [0.2, 0.25) is 0 Å². The van der Waals surface area contributed by atoms with Crippen LogP contribution in [-0.2, 0) is 13.2 Å². The van der Waals surface area contributed by atoms with Gasteiger partial charge in [0, 0.05) is 32.3 Å². The summed E-state index contributed by atoms with van der Waals surface area (Å²) in [5, 5.41) is 16.3. The number of nitrogens with zero attached hydrogens (tertiary/aromatic N) is 2. The Labute approximate surface area is 200 Å². The van der Waals surface area contributed by atoms with Gasteiger partial charge in [0.1, 0.15) is 12.4 Å². The van der Waals surface area contributed by atoms with Gasteiger partial charge in [-0.05, 0) is 35.4 Å². The maximum Gasteiger partial charge on any atom is 0.191 e. The van der Waals surface area contributed by atoms with Crippen LogP contribution in [0.1, 0.15) is 22.7 Å². The predicted molar refractivity (Wildman–Crippen MR) is 135 cm³/mol. The zero-order valence-electron chi connectivity index (χ0n) is 17.6. The Morgan fingerprint density at radius 2 is 1.84 bits per heavy atom. The van der Waals surface area contributed by atoms with E-state index in [1.165, 1.54) is 0 Å². The van der Waals surface area contributed by atoms with E-state index < -0.39 is 0 Å². The van der Waals surface area contributed by atoms with E-state index in [0.29, 0.717) is 25.7 Å². The van der Waals surface area contributed by atoms with Gasteiger partial charge in [-0.25, -0.2) is 0 Å². The molecular formula is C24H29IN4O2. The number of aromatic nitrogens is 1. The fourth-order valence-corrected chi connectivity index (χ4v) is 3.03. The van der Waals surface area contributed by atoms with E-state index >= 15 is 0 Å². The van der Waals surface area contributed by atoms with Crippen LogP contribution in [0.15, 0.2) is 84.0 Å². The quantitative estimate of drug-likeness (QED) is 0.223. The normalized spacial score (nSPS) is 11.9. The molecule has 1 aromatic heterocycles. The number of nitrogens with one attached hydrogen (secondary N) is 2. The first kappa shape index (κ1) is 24.6. The number of hydrogen-bond donors (Lipinski definition) is 3. The van der Waals surface area contributed by atoms with E-state index in [1.54, 1.807) is 13.2 Å². The van der Waals surface area contributed by atoms with Crippen LogP contribution in [0.4, 0.5) is 0 Å². The topological polar surface area (TPSA) is 78.8 Å². The van der Waals surface area contributed by atoms with E-state index in [2.05, 4.69) is 20.6 Å². The first-order valence-electron chi connectivity index (χ1n) is 10.0. The molecule has 6 nitrogen and oxygen atoms in total. The predicted octanol–water partition coefficient (Wildman–Crippen LogP) is 3.72. The summed E-state index contributed by atoms with van der Waals surface area (Å²) in [6.07, 6.45) is 1.76. The number of aliphatic hydroxyl groups is 1. The minimum absolute atomic E-state index is 0. The van der Waals surface area contributed by atoms with Crippen LogP contribution in [-0.4, -0.2) is 36.2 Å². The number of pyridine rings is 1. The molecule has 0 saturated heterocycles. The van der Waals surface area contributed by atoms with Gasteiger partial charge in [-0.15, -0.1) is 24.0 Å². The number of aliphatic hydroxyl groups excluding tert-OH is 1. The molecule has 0 aliphatic rings. The van der Waals surface area contributed by atoms with Gasteiger partial charge in [0.05, 0.1) is 12.3 Å². The first-order valence-corrected chi connectivity index (χ1v) is 10.0. The van der Waals surface area contributed by atoms with E-state index in [4.69, 9.17) is 4.74 Å². The molecule has 1 atom stereocenters. The largest absolute Gasteiger partial charge is 0.487 e. The molecule has 7 heteroatoms. The van der Waals surface area contributed by atoms with Crippen molar-refractivity contribution in [2.45, 2.75) is 19.1 Å². The summed E-state index contributed by atoms with van der Waals surface area (Å²) < 4.78 is 5.84. The summed E-state index contributed by atoms with van der Waals surface area (Å²) >= 11 is 0. The second kappa shape index (κ2) is 13.6. The third-order valence-corrected chi connectivity index (χ3v) is 4.70. The van der Waals surface area contributed by atoms with Crippen molar-refractivity contribution < 1.29 is 9.84 Å². The molecule has 0 spiro atoms. The molecular weight excluding hydrogens is 503 g/mol. The Bertz CT molecular complexity index is 923. The third kappa shape index (κ3) is 8.18. The second-order valence-corrected chi connectivity index (χ2v) is 6.85. The zero-order chi connectivity index (χ0) is 21.0. The molecule has 3 rings (SSSR count). The molecule has 2 aromatic carbocycles. The zero-order valence-corrected chi connectivity index (χ0v) is 19.9. The summed E-state index contributed by atoms with van der Waals surface area (Å²) in [6, 6.07) is 23.7. The molecule has 1 unspecified atom stereocenters. The molecule has 0 amide bonds. The van der Waals surface area contributed by atoms with Crippen LogP contribution < -0.4 is 15.4 Å². The lowest BCUT2D eigenvalue weighted by Gasteiger charge is -2.18. The molecule has 0 fully saturated rings. The lowest BCUT2D eigenvalue weighted by molar-refractivity contribution is 0.265. The summed E-state index contributed by atoms with van der Waals surface area (Å²) in [5.41, 5.74) is 3.07. The van der Waals surface area contributed by atoms with E-state index in [0.717, 1.165) is 22.6 Å². The van der Waals surface area contributed by atoms with Crippen molar-refractivity contribution >= 4 is 29.9 Å². The van der Waals surface area contributed by atoms with E-state index in [9.17, 15) is 5.11 Å². The molecule has 164 valence electrons. The molecule has 31 heavy (non-hydrogen) atoms. The molecule has 0 bridgehead atoms. The van der Waals surface area contributed by atoms with Gasteiger partial charge in [0.15, 0.2) is 5.96 Å². The average Bonchev–Trinajstić information content (AvgIpc) is 2.81. The Hall–Kier alpha value is -2.65. The molecule has 3 aromatic rings. The monoisotopic (exact) mass is 532 g/mol. The summed E-state index contributed by atoms with van der Waals surface area (Å²) in [6.45, 7) is 1.70. The number of guanidine groups is 1. The van der Waals surface area contributed by atoms with Crippen LogP contribution in [0.5, 0.6) is 5.75 Å². The van der Waals surface area contributed by atoms with Crippen LogP contribution in [0.3, 0.4) is 0 Å². The smallest absolute Gasteiger partial charge is 0.191 e. The molecule has 0 aliphatic carbocycles. The highest BCUT2D eigenvalue weighted by atomic mass is 127. The third-order valence-electron chi connectivity index (χ3n) is 4.70.